The Kier molecular flexibility index (Phi) is 7.53. The van der Waals surface area contributed by atoms with Gasteiger partial charge in [0.25, 0.3) is 0 Å². The van der Waals surface area contributed by atoms with Gasteiger partial charge in [-0.15, -0.1) is 0 Å². The second-order valence-corrected chi connectivity index (χ2v) is 8.21. The summed E-state index contributed by atoms with van der Waals surface area (Å²) in [7, 11) is 0. The maximum atomic E-state index is 6.25. The predicted octanol–water partition coefficient (Wildman–Crippen LogP) is 6.18. The molecule has 0 aliphatic heterocycles. The monoisotopic (exact) mass is 469 g/mol. The molecule has 5 nitrogen and oxygen atoms in total. The van der Waals surface area contributed by atoms with Crippen LogP contribution < -0.4 is 14.8 Å². The van der Waals surface area contributed by atoms with Gasteiger partial charge in [0.2, 0.25) is 0 Å². The molecule has 0 bridgehead atoms. The number of aromatic nitrogens is 2. The van der Waals surface area contributed by atoms with E-state index in [0.29, 0.717) is 34.8 Å². The van der Waals surface area contributed by atoms with Gasteiger partial charge in [0, 0.05) is 35.1 Å². The van der Waals surface area contributed by atoms with Gasteiger partial charge in [-0.25, -0.2) is 4.98 Å². The number of nitrogens with one attached hydrogen (secondary N) is 2. The van der Waals surface area contributed by atoms with Gasteiger partial charge in [0.05, 0.1) is 17.6 Å². The molecule has 0 saturated heterocycles. The second kappa shape index (κ2) is 10.7. The predicted molar refractivity (Wildman–Crippen MR) is 130 cm³/mol. The highest BCUT2D eigenvalue weighted by molar-refractivity contribution is 6.35. The molecule has 0 spiro atoms. The number of aromatic amines is 1. The van der Waals surface area contributed by atoms with Crippen LogP contribution >= 0.6 is 23.2 Å². The van der Waals surface area contributed by atoms with Gasteiger partial charge >= 0.3 is 0 Å². The van der Waals surface area contributed by atoms with E-state index in [1.54, 1.807) is 12.1 Å². The Bertz CT molecular complexity index is 1160. The molecule has 2 N–H and O–H groups in total. The lowest BCUT2D eigenvalue weighted by molar-refractivity contribution is 0.269. The standard InChI is InChI=1S/C25H25Cl2N3O2/c1-2-31-24-13-17(7-10-23(24)32-16-18-8-9-19(26)14-20(18)27)15-28-12-11-25-29-21-5-3-4-6-22(21)30-25/h3-10,13-14,28H,2,11-12,15-16H2,1H3,(H,29,30). The molecule has 0 fully saturated rings. The van der Waals surface area contributed by atoms with Crippen LogP contribution in [0.25, 0.3) is 11.0 Å². The third-order valence-electron chi connectivity index (χ3n) is 5.01. The zero-order valence-electron chi connectivity index (χ0n) is 17.8. The largest absolute Gasteiger partial charge is 0.490 e. The van der Waals surface area contributed by atoms with E-state index in [-0.39, 0.29) is 0 Å². The summed E-state index contributed by atoms with van der Waals surface area (Å²) in [6, 6.07) is 19.4. The minimum atomic E-state index is 0.338. The van der Waals surface area contributed by atoms with Crippen LogP contribution in [-0.4, -0.2) is 23.1 Å². The Morgan fingerprint density at radius 1 is 0.969 bits per heavy atom. The molecule has 0 unspecified atom stereocenters. The number of H-pyrrole nitrogens is 1. The normalized spacial score (nSPS) is 11.1. The van der Waals surface area contributed by atoms with Gasteiger partial charge in [-0.05, 0) is 48.9 Å². The number of hydrogen-bond acceptors (Lipinski definition) is 4. The lowest BCUT2D eigenvalue weighted by Gasteiger charge is -2.14. The molecule has 1 heterocycles. The summed E-state index contributed by atoms with van der Waals surface area (Å²) in [6.45, 7) is 4.39. The molecule has 0 amide bonds. The van der Waals surface area contributed by atoms with Gasteiger partial charge in [-0.3, -0.25) is 0 Å². The number of benzene rings is 3. The van der Waals surface area contributed by atoms with Crippen molar-refractivity contribution in [2.24, 2.45) is 0 Å². The molecular weight excluding hydrogens is 445 g/mol. The molecule has 4 aromatic rings. The summed E-state index contributed by atoms with van der Waals surface area (Å²) in [6.07, 6.45) is 0.829. The van der Waals surface area contributed by atoms with Gasteiger partial charge in [0.15, 0.2) is 11.5 Å². The highest BCUT2D eigenvalue weighted by Crippen LogP contribution is 2.30. The first-order valence-electron chi connectivity index (χ1n) is 10.6. The maximum Gasteiger partial charge on any atom is 0.161 e. The van der Waals surface area contributed by atoms with E-state index >= 15 is 0 Å². The van der Waals surface area contributed by atoms with Crippen LogP contribution in [0.1, 0.15) is 23.9 Å². The van der Waals surface area contributed by atoms with Crippen molar-refractivity contribution in [3.8, 4) is 11.5 Å². The molecule has 4 rings (SSSR count). The van der Waals surface area contributed by atoms with E-state index in [1.807, 2.05) is 55.5 Å². The Balaban J connectivity index is 1.33. The maximum absolute atomic E-state index is 6.25. The average Bonchev–Trinajstić information content (AvgIpc) is 3.20. The molecule has 3 aromatic carbocycles. The first-order valence-corrected chi connectivity index (χ1v) is 11.3. The highest BCUT2D eigenvalue weighted by Gasteiger charge is 2.09. The molecule has 0 radical (unpaired) electrons. The van der Waals surface area contributed by atoms with Crippen LogP contribution in [-0.2, 0) is 19.6 Å². The minimum absolute atomic E-state index is 0.338. The summed E-state index contributed by atoms with van der Waals surface area (Å²) >= 11 is 12.2. The van der Waals surface area contributed by atoms with Crippen molar-refractivity contribution in [3.63, 3.8) is 0 Å². The van der Waals surface area contributed by atoms with Gasteiger partial charge < -0.3 is 19.8 Å². The van der Waals surface area contributed by atoms with E-state index < -0.39 is 0 Å². The summed E-state index contributed by atoms with van der Waals surface area (Å²) < 4.78 is 11.8. The van der Waals surface area contributed by atoms with Crippen LogP contribution in [0.3, 0.4) is 0 Å². The molecule has 32 heavy (non-hydrogen) atoms. The summed E-state index contributed by atoms with van der Waals surface area (Å²) in [5.41, 5.74) is 4.06. The van der Waals surface area contributed by atoms with Crippen molar-refractivity contribution >= 4 is 34.2 Å². The Morgan fingerprint density at radius 3 is 2.66 bits per heavy atom. The van der Waals surface area contributed by atoms with E-state index in [9.17, 15) is 0 Å². The van der Waals surface area contributed by atoms with E-state index in [0.717, 1.165) is 47.5 Å². The van der Waals surface area contributed by atoms with Crippen LogP contribution in [0.2, 0.25) is 10.0 Å². The van der Waals surface area contributed by atoms with E-state index in [4.69, 9.17) is 32.7 Å². The fraction of sp³-hybridized carbons (Fsp3) is 0.240. The van der Waals surface area contributed by atoms with E-state index in [1.165, 1.54) is 0 Å². The first kappa shape index (κ1) is 22.5. The molecular formula is C25H25Cl2N3O2. The fourth-order valence-electron chi connectivity index (χ4n) is 3.41. The smallest absolute Gasteiger partial charge is 0.161 e. The fourth-order valence-corrected chi connectivity index (χ4v) is 3.87. The lowest BCUT2D eigenvalue weighted by atomic mass is 10.2. The molecule has 0 atom stereocenters. The van der Waals surface area contributed by atoms with Crippen molar-refractivity contribution in [1.82, 2.24) is 15.3 Å². The number of imidazole rings is 1. The quantitative estimate of drug-likeness (QED) is 0.272. The first-order chi connectivity index (χ1) is 15.6. The number of fused-ring (bicyclic) bond motifs is 1. The van der Waals surface area contributed by atoms with Crippen molar-refractivity contribution in [2.75, 3.05) is 13.2 Å². The minimum Gasteiger partial charge on any atom is -0.490 e. The SMILES string of the molecule is CCOc1cc(CNCCc2nc3ccccc3[nH]2)ccc1OCc1ccc(Cl)cc1Cl. The molecule has 7 heteroatoms. The third-order valence-corrected chi connectivity index (χ3v) is 5.60. The zero-order chi connectivity index (χ0) is 22.3. The summed E-state index contributed by atoms with van der Waals surface area (Å²) in [5, 5.41) is 4.65. The van der Waals surface area contributed by atoms with Crippen LogP contribution in [0.4, 0.5) is 0 Å². The Morgan fingerprint density at radius 2 is 1.84 bits per heavy atom. The molecule has 0 aliphatic carbocycles. The summed E-state index contributed by atoms with van der Waals surface area (Å²) in [4.78, 5) is 7.97. The Labute approximate surface area is 197 Å². The number of nitrogens with zero attached hydrogens (tertiary/aromatic N) is 1. The average molecular weight is 470 g/mol. The van der Waals surface area contributed by atoms with Gasteiger partial charge in [0.1, 0.15) is 12.4 Å². The molecule has 1 aromatic heterocycles. The third kappa shape index (κ3) is 5.74. The zero-order valence-corrected chi connectivity index (χ0v) is 19.3. The molecule has 166 valence electrons. The molecule has 0 saturated carbocycles. The summed E-state index contributed by atoms with van der Waals surface area (Å²) in [5.74, 6) is 2.39. The number of ether oxygens (including phenoxy) is 2. The lowest BCUT2D eigenvalue weighted by Crippen LogP contribution is -2.17. The van der Waals surface area contributed by atoms with Crippen LogP contribution in [0.5, 0.6) is 11.5 Å². The number of rotatable bonds is 10. The number of hydrogen-bond donors (Lipinski definition) is 2. The van der Waals surface area contributed by atoms with Gasteiger partial charge in [-0.1, -0.05) is 47.5 Å². The van der Waals surface area contributed by atoms with Crippen molar-refractivity contribution < 1.29 is 9.47 Å². The second-order valence-electron chi connectivity index (χ2n) is 7.37. The van der Waals surface area contributed by atoms with Crippen LogP contribution in [0.15, 0.2) is 60.7 Å². The highest BCUT2D eigenvalue weighted by atomic mass is 35.5. The number of para-hydroxylation sites is 2. The molecule has 0 aliphatic rings. The van der Waals surface area contributed by atoms with Crippen molar-refractivity contribution in [3.05, 3.63) is 87.7 Å². The van der Waals surface area contributed by atoms with E-state index in [2.05, 4.69) is 15.3 Å². The topological polar surface area (TPSA) is 59.2 Å². The van der Waals surface area contributed by atoms with Crippen molar-refractivity contribution in [1.29, 1.82) is 0 Å². The van der Waals surface area contributed by atoms with Crippen LogP contribution in [0, 0.1) is 0 Å². The van der Waals surface area contributed by atoms with Crippen molar-refractivity contribution in [2.45, 2.75) is 26.5 Å². The number of halogens is 2. The van der Waals surface area contributed by atoms with Gasteiger partial charge in [-0.2, -0.15) is 0 Å². The Hall–Kier alpha value is -2.73.